The monoisotopic (exact) mass is 803 g/mol. The molecule has 2 aromatic heterocycles. The van der Waals surface area contributed by atoms with Crippen LogP contribution in [0.2, 0.25) is 0 Å². The molecular weight excluding hydrogens is 759 g/mol. The van der Waals surface area contributed by atoms with Gasteiger partial charge in [-0.05, 0) is 30.5 Å². The Morgan fingerprint density at radius 2 is 1.67 bits per heavy atom. The fourth-order valence-electron chi connectivity index (χ4n) is 6.20. The number of nitrogen functional groups attached to an aromatic ring is 1. The van der Waals surface area contributed by atoms with Gasteiger partial charge in [0, 0.05) is 50.0 Å². The first-order chi connectivity index (χ1) is 27.3. The number of aromatic nitrogens is 3. The Kier molecular flexibility index (Phi) is 14.2. The van der Waals surface area contributed by atoms with Crippen LogP contribution in [0.5, 0.6) is 0 Å². The van der Waals surface area contributed by atoms with Crippen molar-refractivity contribution in [3.63, 3.8) is 0 Å². The molecule has 1 unspecified atom stereocenters. The summed E-state index contributed by atoms with van der Waals surface area (Å²) in [4.78, 5) is 97.6. The van der Waals surface area contributed by atoms with Crippen LogP contribution in [-0.4, -0.2) is 111 Å². The minimum Gasteiger partial charge on any atom is -0.468 e. The second kappa shape index (κ2) is 19.2. The number of carbonyl (C=O) groups excluding carboxylic acids is 7. The van der Waals surface area contributed by atoms with Crippen LogP contribution in [0.1, 0.15) is 42.6 Å². The molecule has 1 aliphatic rings. The van der Waals surface area contributed by atoms with Gasteiger partial charge in [0.1, 0.15) is 30.0 Å². The quantitative estimate of drug-likeness (QED) is 0.0676. The molecule has 0 saturated carbocycles. The summed E-state index contributed by atoms with van der Waals surface area (Å²) in [6.45, 7) is 2.11. The minimum absolute atomic E-state index is 0.0516. The van der Waals surface area contributed by atoms with E-state index in [-0.39, 0.29) is 50.4 Å². The van der Waals surface area contributed by atoms with Gasteiger partial charge >= 0.3 is 11.9 Å². The molecule has 0 spiro atoms. The average molecular weight is 804 g/mol. The van der Waals surface area contributed by atoms with E-state index in [2.05, 4.69) is 40.0 Å². The number of thioether (sulfide) groups is 1. The van der Waals surface area contributed by atoms with Crippen molar-refractivity contribution in [1.29, 1.82) is 0 Å². The van der Waals surface area contributed by atoms with E-state index in [0.717, 1.165) is 64.3 Å². The van der Waals surface area contributed by atoms with E-state index in [0.29, 0.717) is 17.9 Å². The fourth-order valence-corrected chi connectivity index (χ4v) is 7.39. The number of pyridine rings is 1. The van der Waals surface area contributed by atoms with Gasteiger partial charge in [-0.15, -0.1) is 11.8 Å². The molecule has 2 aromatic carbocycles. The molecule has 1 fully saturated rings. The molecule has 7 N–H and O–H groups in total. The number of hydrogen-bond acceptors (Lipinski definition) is 14. The van der Waals surface area contributed by atoms with Gasteiger partial charge in [-0.1, -0.05) is 42.5 Å². The Morgan fingerprint density at radius 3 is 2.39 bits per heavy atom. The molecule has 302 valence electrons. The molecular formula is C38H45N9O9S. The number of imidazole rings is 1. The zero-order chi connectivity index (χ0) is 41.2. The number of likely N-dealkylation sites (tertiary alicyclic amines) is 1. The molecule has 19 heteroatoms. The molecule has 1 saturated heterocycles. The Balaban J connectivity index is 1.10. The highest BCUT2D eigenvalue weighted by atomic mass is 32.2. The molecule has 5 amide bonds. The van der Waals surface area contributed by atoms with Crippen LogP contribution < -0.4 is 27.4 Å². The van der Waals surface area contributed by atoms with Crippen LogP contribution in [0.25, 0.3) is 21.9 Å². The van der Waals surface area contributed by atoms with E-state index in [9.17, 15) is 33.6 Å². The topological polar surface area (TPSA) is 260 Å². The van der Waals surface area contributed by atoms with Crippen LogP contribution in [0.15, 0.2) is 48.5 Å². The van der Waals surface area contributed by atoms with Crippen LogP contribution >= 0.6 is 11.8 Å². The molecule has 18 nitrogen and oxygen atoms in total. The summed E-state index contributed by atoms with van der Waals surface area (Å²) < 4.78 is 11.2. The summed E-state index contributed by atoms with van der Waals surface area (Å²) in [5.41, 5.74) is 16.2. The summed E-state index contributed by atoms with van der Waals surface area (Å²) in [6, 6.07) is 13.3. The van der Waals surface area contributed by atoms with Gasteiger partial charge in [0.25, 0.3) is 0 Å². The standard InChI is InChI=1S/C38H45N9O9S/c1-21-43-33-34(24-6-4-5-7-26(24)45-35(33)40)47(21)19-23-10-8-22(9-11-23)17-41-29(48)14-15-46-31(50)16-28(37(46)53)57-20-27(36(52)42-18-32(51)55-2)44-30(49)13-12-25(39)38(54)56-3/h4-11,25,27-28H,12-20,39H2,1-3H3,(H2,40,45)(H,41,48)(H,42,52)(H,44,49)/t25-,27-,28?/m1/s1. The van der Waals surface area contributed by atoms with Crippen molar-refractivity contribution in [1.82, 2.24) is 35.4 Å². The van der Waals surface area contributed by atoms with Gasteiger partial charge in [0.15, 0.2) is 5.82 Å². The van der Waals surface area contributed by atoms with E-state index >= 15 is 0 Å². The SMILES string of the molecule is COC(=O)CNC(=O)[C@@H](CSC1CC(=O)N(CCC(=O)NCc2ccc(Cn3c(C)nc4c(N)nc5ccccc5c43)cc2)C1=O)NC(=O)CC[C@@H](N)C(=O)OC. The number of anilines is 1. The number of aryl methyl sites for hydroxylation is 1. The first kappa shape index (κ1) is 42.1. The average Bonchev–Trinajstić information content (AvgIpc) is 3.68. The van der Waals surface area contributed by atoms with Gasteiger partial charge in [0.05, 0.1) is 30.5 Å². The van der Waals surface area contributed by atoms with Crippen molar-refractivity contribution in [2.24, 2.45) is 5.73 Å². The summed E-state index contributed by atoms with van der Waals surface area (Å²) >= 11 is 0.980. The first-order valence-corrected chi connectivity index (χ1v) is 19.1. The number of methoxy groups -OCH3 is 2. The third-order valence-electron chi connectivity index (χ3n) is 9.36. The van der Waals surface area contributed by atoms with E-state index in [1.165, 1.54) is 0 Å². The van der Waals surface area contributed by atoms with Crippen molar-refractivity contribution in [3.8, 4) is 0 Å². The molecule has 0 bridgehead atoms. The zero-order valence-electron chi connectivity index (χ0n) is 31.7. The molecule has 5 rings (SSSR count). The molecule has 4 aromatic rings. The van der Waals surface area contributed by atoms with Crippen LogP contribution in [0.3, 0.4) is 0 Å². The van der Waals surface area contributed by atoms with Gasteiger partial charge in [-0.25, -0.2) is 9.97 Å². The smallest absolute Gasteiger partial charge is 0.325 e. The number of nitrogens with one attached hydrogen (secondary N) is 3. The van der Waals surface area contributed by atoms with Crippen LogP contribution in [-0.2, 0) is 56.1 Å². The lowest BCUT2D eigenvalue weighted by atomic mass is 10.1. The van der Waals surface area contributed by atoms with Crippen molar-refractivity contribution >= 4 is 81.0 Å². The lowest BCUT2D eigenvalue weighted by Crippen LogP contribution is -2.50. The highest BCUT2D eigenvalue weighted by molar-refractivity contribution is 8.00. The molecule has 3 atom stereocenters. The van der Waals surface area contributed by atoms with Gasteiger partial charge < -0.3 is 41.5 Å². The fraction of sp³-hybridized carbons (Fsp3) is 0.395. The van der Waals surface area contributed by atoms with Crippen molar-refractivity contribution in [2.75, 3.05) is 38.8 Å². The lowest BCUT2D eigenvalue weighted by Gasteiger charge is -2.20. The third-order valence-corrected chi connectivity index (χ3v) is 10.7. The lowest BCUT2D eigenvalue weighted by molar-refractivity contribution is -0.142. The van der Waals surface area contributed by atoms with E-state index < -0.39 is 59.4 Å². The Labute approximate surface area is 331 Å². The van der Waals surface area contributed by atoms with Crippen molar-refractivity contribution in [2.45, 2.75) is 63.0 Å². The summed E-state index contributed by atoms with van der Waals surface area (Å²) in [5.74, 6) is -3.05. The summed E-state index contributed by atoms with van der Waals surface area (Å²) in [5, 5.41) is 7.81. The number of ether oxygens (including phenoxy) is 2. The van der Waals surface area contributed by atoms with Gasteiger partial charge in [-0.3, -0.25) is 38.5 Å². The van der Waals surface area contributed by atoms with E-state index in [1.54, 1.807) is 0 Å². The van der Waals surface area contributed by atoms with E-state index in [1.807, 2.05) is 55.5 Å². The van der Waals surface area contributed by atoms with Crippen molar-refractivity contribution in [3.05, 3.63) is 65.5 Å². The number of nitrogens with zero attached hydrogens (tertiary/aromatic N) is 4. The largest absolute Gasteiger partial charge is 0.468 e. The maximum absolute atomic E-state index is 13.2. The van der Waals surface area contributed by atoms with Crippen LogP contribution in [0.4, 0.5) is 5.82 Å². The number of esters is 2. The second-order valence-corrected chi connectivity index (χ2v) is 14.5. The predicted octanol–water partition coefficient (Wildman–Crippen LogP) is 0.445. The molecule has 3 heterocycles. The third kappa shape index (κ3) is 10.6. The van der Waals surface area contributed by atoms with Gasteiger partial charge in [0.2, 0.25) is 29.5 Å². The highest BCUT2D eigenvalue weighted by Gasteiger charge is 2.39. The number of rotatable bonds is 18. The number of fused-ring (bicyclic) bond motifs is 3. The zero-order valence-corrected chi connectivity index (χ0v) is 32.6. The molecule has 57 heavy (non-hydrogen) atoms. The summed E-state index contributed by atoms with van der Waals surface area (Å²) in [7, 11) is 2.31. The maximum atomic E-state index is 13.2. The molecule has 0 radical (unpaired) electrons. The van der Waals surface area contributed by atoms with E-state index in [4.69, 9.17) is 11.5 Å². The Hall–Kier alpha value is -6.08. The molecule has 1 aliphatic heterocycles. The maximum Gasteiger partial charge on any atom is 0.325 e. The van der Waals surface area contributed by atoms with Crippen molar-refractivity contribution < 1.29 is 43.0 Å². The number of hydrogen-bond donors (Lipinski definition) is 5. The number of para-hydroxylation sites is 1. The number of amides is 5. The second-order valence-electron chi connectivity index (χ2n) is 13.3. The predicted molar refractivity (Wildman–Crippen MR) is 210 cm³/mol. The Morgan fingerprint density at radius 1 is 0.947 bits per heavy atom. The number of benzene rings is 2. The first-order valence-electron chi connectivity index (χ1n) is 18.1. The number of imide groups is 1. The summed E-state index contributed by atoms with van der Waals surface area (Å²) in [6.07, 6.45) is -0.539. The normalized spacial score (nSPS) is 15.0. The number of carbonyl (C=O) groups is 7. The Bertz CT molecular complexity index is 2180. The number of nitrogens with two attached hydrogens (primary N) is 2. The minimum atomic E-state index is -1.20. The van der Waals surface area contributed by atoms with Gasteiger partial charge in [-0.2, -0.15) is 0 Å². The highest BCUT2D eigenvalue weighted by Crippen LogP contribution is 2.29. The molecule has 0 aliphatic carbocycles. The van der Waals surface area contributed by atoms with Crippen LogP contribution in [0, 0.1) is 6.92 Å².